The van der Waals surface area contributed by atoms with Crippen molar-refractivity contribution in [2.75, 3.05) is 26.9 Å². The summed E-state index contributed by atoms with van der Waals surface area (Å²) in [5, 5.41) is 18.1. The molecule has 7 rings (SSSR count). The topological polar surface area (TPSA) is 201 Å². The zero-order chi connectivity index (χ0) is 57.5. The monoisotopic (exact) mass is 1100 g/mol. The van der Waals surface area contributed by atoms with Crippen LogP contribution in [0.1, 0.15) is 130 Å². The van der Waals surface area contributed by atoms with E-state index in [0.717, 1.165) is 36.0 Å². The Hall–Kier alpha value is -6.63. The lowest BCUT2D eigenvalue weighted by Gasteiger charge is -2.43. The number of nitrogens with zero attached hydrogens (tertiary/aromatic N) is 3. The van der Waals surface area contributed by atoms with E-state index in [1.54, 1.807) is 87.1 Å². The summed E-state index contributed by atoms with van der Waals surface area (Å²) in [6.45, 7) is 14.6. The van der Waals surface area contributed by atoms with Gasteiger partial charge in [-0.15, -0.1) is 0 Å². The van der Waals surface area contributed by atoms with Gasteiger partial charge in [-0.3, -0.25) is 33.6 Å². The molecule has 3 aliphatic rings. The molecule has 0 spiro atoms. The molecule has 2 aliphatic heterocycles. The van der Waals surface area contributed by atoms with Crippen LogP contribution in [0.2, 0.25) is 0 Å². The molecular formula is C61H80FN9O7S. The van der Waals surface area contributed by atoms with Crippen molar-refractivity contribution in [2.45, 2.75) is 160 Å². The highest BCUT2D eigenvalue weighted by atomic mass is 32.2. The molecule has 1 saturated heterocycles. The Balaban J connectivity index is 1.15. The van der Waals surface area contributed by atoms with Crippen LogP contribution in [0.25, 0.3) is 0 Å². The quantitative estimate of drug-likeness (QED) is 0.0635. The van der Waals surface area contributed by atoms with Crippen LogP contribution in [0.5, 0.6) is 0 Å². The Morgan fingerprint density at radius 1 is 0.709 bits per heavy atom. The maximum Gasteiger partial charge on any atom is 0.251 e. The average Bonchev–Trinajstić information content (AvgIpc) is 3.91. The first-order chi connectivity index (χ1) is 37.5. The van der Waals surface area contributed by atoms with Crippen LogP contribution in [0.15, 0.2) is 97.1 Å². The standard InChI is InChI=1S/C61H80FN9O7S/c1-36(63-9)53(72)67-51(60(4,5)6)58(77)71-35-44(32-49(71)56(75)66-48-26-18-22-40-19-14-15-24-46(40)48)65-55(74)41-29-27-39(28-30-41)33-69(38(3)45-23-16-17-25-47(45)62)57(76)50-31-42-20-12-13-21-43(42)34-70(50)59(78)52(61(7,8)79-11)68-54(73)37(2)64-10/h12-17,19-21,23-25,27-30,36-38,44,48-52,63-64H,18,22,26,31-35H2,1-11H3,(H,65,74)(H,66,75)(H,67,72)(H,68,73)/t36?,37?,38-,44+,48-,49+,50?,51?,52?/m1/s1. The highest BCUT2D eigenvalue weighted by molar-refractivity contribution is 8.00. The van der Waals surface area contributed by atoms with Crippen molar-refractivity contribution in [1.29, 1.82) is 0 Å². The summed E-state index contributed by atoms with van der Waals surface area (Å²) in [5.74, 6) is -3.30. The smallest absolute Gasteiger partial charge is 0.251 e. The van der Waals surface area contributed by atoms with E-state index in [1.807, 2.05) is 83.3 Å². The van der Waals surface area contributed by atoms with E-state index in [4.69, 9.17) is 0 Å². The molecule has 0 bridgehead atoms. The minimum absolute atomic E-state index is 0.0131. The summed E-state index contributed by atoms with van der Waals surface area (Å²) in [6, 6.07) is 21.8. The summed E-state index contributed by atoms with van der Waals surface area (Å²) >= 11 is 1.42. The predicted octanol–water partition coefficient (Wildman–Crippen LogP) is 6.14. The van der Waals surface area contributed by atoms with Crippen LogP contribution in [-0.2, 0) is 54.7 Å². The van der Waals surface area contributed by atoms with Crippen molar-refractivity contribution in [2.24, 2.45) is 5.41 Å². The van der Waals surface area contributed by atoms with Crippen molar-refractivity contribution in [3.63, 3.8) is 0 Å². The first-order valence-corrected chi connectivity index (χ1v) is 28.7. The number of nitrogens with one attached hydrogen (secondary N) is 6. The summed E-state index contributed by atoms with van der Waals surface area (Å²) in [7, 11) is 3.32. The minimum Gasteiger partial charge on any atom is -0.347 e. The Labute approximate surface area is 469 Å². The second-order valence-corrected chi connectivity index (χ2v) is 24.4. The number of hydrogen-bond acceptors (Lipinski definition) is 10. The van der Waals surface area contributed by atoms with E-state index in [9.17, 15) is 24.0 Å². The molecule has 9 atom stereocenters. The lowest BCUT2D eigenvalue weighted by molar-refractivity contribution is -0.151. The Bertz CT molecular complexity index is 2880. The minimum atomic E-state index is -1.03. The van der Waals surface area contributed by atoms with Crippen molar-refractivity contribution < 1.29 is 38.0 Å². The van der Waals surface area contributed by atoms with Crippen molar-refractivity contribution >= 4 is 53.1 Å². The number of thioether (sulfide) groups is 1. The van der Waals surface area contributed by atoms with Gasteiger partial charge in [0.25, 0.3) is 5.91 Å². The van der Waals surface area contributed by atoms with E-state index < -0.39 is 87.9 Å². The third-order valence-electron chi connectivity index (χ3n) is 16.2. The fraction of sp³-hybridized carbons (Fsp3) is 0.492. The summed E-state index contributed by atoms with van der Waals surface area (Å²) in [5.41, 5.74) is 4.42. The fourth-order valence-corrected chi connectivity index (χ4v) is 11.2. The SMILES string of the molecule is CNC(C)C(=O)NC(C(=O)N1C[C@@H](NC(=O)c2ccc(CN(C(=O)C3Cc4ccccc4CN3C(=O)C(NC(=O)C(C)NC)C(C)(C)SC)[C@H](C)c3ccccc3F)cc2)C[C@H]1C(=O)N[C@@H]1CCCc2ccccc21)C(C)(C)C. The first kappa shape index (κ1) is 60.0. The molecular weight excluding hydrogens is 1020 g/mol. The van der Waals surface area contributed by atoms with E-state index in [1.165, 1.54) is 28.3 Å². The molecule has 0 saturated carbocycles. The fourth-order valence-electron chi connectivity index (χ4n) is 10.8. The number of carbonyl (C=O) groups is 7. The molecule has 0 radical (unpaired) electrons. The van der Waals surface area contributed by atoms with Crippen molar-refractivity contribution in [1.82, 2.24) is 46.6 Å². The zero-order valence-electron chi connectivity index (χ0n) is 47.6. The third kappa shape index (κ3) is 13.9. The number of benzene rings is 4. The summed E-state index contributed by atoms with van der Waals surface area (Å²) in [4.78, 5) is 105. The number of fused-ring (bicyclic) bond motifs is 2. The number of carbonyl (C=O) groups excluding carboxylic acids is 7. The lowest BCUT2D eigenvalue weighted by Crippen LogP contribution is -2.63. The van der Waals surface area contributed by atoms with Crippen LogP contribution in [-0.4, -0.2) is 130 Å². The molecule has 0 aromatic heterocycles. The van der Waals surface area contributed by atoms with Crippen LogP contribution in [0, 0.1) is 11.2 Å². The third-order valence-corrected chi connectivity index (χ3v) is 17.5. The van der Waals surface area contributed by atoms with Gasteiger partial charge in [-0.05, 0) is 132 Å². The highest BCUT2D eigenvalue weighted by Gasteiger charge is 2.48. The molecule has 424 valence electrons. The molecule has 1 fully saturated rings. The molecule has 4 aromatic carbocycles. The Morgan fingerprint density at radius 2 is 1.29 bits per heavy atom. The summed E-state index contributed by atoms with van der Waals surface area (Å²) in [6.07, 6.45) is 4.70. The van der Waals surface area contributed by atoms with E-state index in [0.29, 0.717) is 5.56 Å². The van der Waals surface area contributed by atoms with E-state index >= 15 is 14.0 Å². The van der Waals surface area contributed by atoms with Crippen LogP contribution in [0.4, 0.5) is 4.39 Å². The van der Waals surface area contributed by atoms with Gasteiger partial charge in [0.15, 0.2) is 0 Å². The zero-order valence-corrected chi connectivity index (χ0v) is 48.4. The Kier molecular flexibility index (Phi) is 19.5. The normalized spacial score (nSPS) is 20.1. The number of likely N-dealkylation sites (tertiary alicyclic amines) is 1. The van der Waals surface area contributed by atoms with Gasteiger partial charge in [0, 0.05) is 48.0 Å². The van der Waals surface area contributed by atoms with Gasteiger partial charge in [0.2, 0.25) is 35.4 Å². The number of amides is 7. The maximum atomic E-state index is 15.8. The lowest BCUT2D eigenvalue weighted by atomic mass is 9.85. The van der Waals surface area contributed by atoms with Gasteiger partial charge < -0.3 is 46.6 Å². The first-order valence-electron chi connectivity index (χ1n) is 27.5. The number of rotatable bonds is 19. The molecule has 7 amide bonds. The second-order valence-electron chi connectivity index (χ2n) is 23.0. The van der Waals surface area contributed by atoms with Crippen LogP contribution >= 0.6 is 11.8 Å². The van der Waals surface area contributed by atoms with Crippen LogP contribution in [0.3, 0.4) is 0 Å². The molecule has 4 aromatic rings. The molecule has 2 heterocycles. The maximum absolute atomic E-state index is 15.8. The predicted molar refractivity (Wildman–Crippen MR) is 306 cm³/mol. The number of likely N-dealkylation sites (N-methyl/N-ethyl adjacent to an activating group) is 2. The van der Waals surface area contributed by atoms with Gasteiger partial charge >= 0.3 is 0 Å². The largest absolute Gasteiger partial charge is 0.347 e. The number of aryl methyl sites for hydroxylation is 1. The Morgan fingerprint density at radius 3 is 1.91 bits per heavy atom. The van der Waals surface area contributed by atoms with Crippen LogP contribution < -0.4 is 31.9 Å². The molecule has 18 heteroatoms. The van der Waals surface area contributed by atoms with E-state index in [-0.39, 0.29) is 67.4 Å². The van der Waals surface area contributed by atoms with Gasteiger partial charge in [-0.1, -0.05) is 99.6 Å². The van der Waals surface area contributed by atoms with Gasteiger partial charge in [-0.2, -0.15) is 11.8 Å². The molecule has 16 nitrogen and oxygen atoms in total. The van der Waals surface area contributed by atoms with E-state index in [2.05, 4.69) is 38.0 Å². The second kappa shape index (κ2) is 25.7. The number of hydrogen-bond donors (Lipinski definition) is 6. The van der Waals surface area contributed by atoms with Crippen molar-refractivity contribution in [3.8, 4) is 0 Å². The van der Waals surface area contributed by atoms with Crippen molar-refractivity contribution in [3.05, 3.63) is 142 Å². The molecule has 79 heavy (non-hydrogen) atoms. The van der Waals surface area contributed by atoms with Gasteiger partial charge in [0.05, 0.1) is 24.2 Å². The number of halogens is 1. The van der Waals surface area contributed by atoms with Gasteiger partial charge in [-0.25, -0.2) is 4.39 Å². The molecule has 6 N–H and O–H groups in total. The highest BCUT2D eigenvalue weighted by Crippen LogP contribution is 2.35. The summed E-state index contributed by atoms with van der Waals surface area (Å²) < 4.78 is 15.0. The molecule has 5 unspecified atom stereocenters. The van der Waals surface area contributed by atoms with Gasteiger partial charge in [0.1, 0.15) is 30.0 Å². The average molecular weight is 1100 g/mol. The molecule has 1 aliphatic carbocycles.